The Kier molecular flexibility index (Phi) is 4.52. The average molecular weight is 324 g/mol. The van der Waals surface area contributed by atoms with Crippen molar-refractivity contribution >= 4 is 23.5 Å². The summed E-state index contributed by atoms with van der Waals surface area (Å²) in [6.45, 7) is 1.36. The van der Waals surface area contributed by atoms with Gasteiger partial charge in [0.05, 0.1) is 6.54 Å². The first-order chi connectivity index (χ1) is 10.6. The summed E-state index contributed by atoms with van der Waals surface area (Å²) in [7, 11) is 0. The molecule has 0 aromatic carbocycles. The zero-order valence-corrected chi connectivity index (χ0v) is 13.5. The minimum absolute atomic E-state index is 0.0138. The van der Waals surface area contributed by atoms with E-state index in [4.69, 9.17) is 0 Å². The second kappa shape index (κ2) is 6.40. The first-order valence-corrected chi connectivity index (χ1v) is 8.91. The Labute approximate surface area is 134 Å². The van der Waals surface area contributed by atoms with E-state index >= 15 is 0 Å². The number of amides is 1. The molecule has 0 radical (unpaired) electrons. The average Bonchev–Trinajstić information content (AvgIpc) is 3.38. The van der Waals surface area contributed by atoms with Crippen LogP contribution in [-0.4, -0.2) is 47.4 Å². The molecule has 0 bridgehead atoms. The number of nitrogens with one attached hydrogen (secondary N) is 1. The Morgan fingerprint density at radius 1 is 1.50 bits per heavy atom. The van der Waals surface area contributed by atoms with Crippen molar-refractivity contribution in [1.29, 1.82) is 0 Å². The Bertz CT molecular complexity index is 544. The van der Waals surface area contributed by atoms with Crippen molar-refractivity contribution in [2.45, 2.75) is 36.5 Å². The Morgan fingerprint density at radius 3 is 2.86 bits per heavy atom. The SMILES string of the molecule is CSc1nccc(N2CCC(F)(CNC(=O)C3CC3)CC2)n1. The maximum Gasteiger partial charge on any atom is 0.223 e. The van der Waals surface area contributed by atoms with Crippen molar-refractivity contribution < 1.29 is 9.18 Å². The zero-order chi connectivity index (χ0) is 15.6. The number of hydrogen-bond acceptors (Lipinski definition) is 5. The van der Waals surface area contributed by atoms with Crippen molar-refractivity contribution in [3.63, 3.8) is 0 Å². The van der Waals surface area contributed by atoms with Gasteiger partial charge in [0.1, 0.15) is 11.5 Å². The lowest BCUT2D eigenvalue weighted by atomic mass is 9.93. The van der Waals surface area contributed by atoms with Gasteiger partial charge in [0, 0.05) is 38.0 Å². The molecule has 3 rings (SSSR count). The van der Waals surface area contributed by atoms with Gasteiger partial charge < -0.3 is 10.2 Å². The largest absolute Gasteiger partial charge is 0.356 e. The predicted molar refractivity (Wildman–Crippen MR) is 84.8 cm³/mol. The fraction of sp³-hybridized carbons (Fsp3) is 0.667. The molecule has 1 aromatic heterocycles. The van der Waals surface area contributed by atoms with Gasteiger partial charge >= 0.3 is 0 Å². The molecule has 1 aliphatic heterocycles. The Hall–Kier alpha value is -1.37. The van der Waals surface area contributed by atoms with Crippen LogP contribution in [0, 0.1) is 5.92 Å². The number of hydrogen-bond donors (Lipinski definition) is 1. The number of halogens is 1. The molecule has 0 unspecified atom stereocenters. The molecular weight excluding hydrogens is 303 g/mol. The molecule has 5 nitrogen and oxygen atoms in total. The first kappa shape index (κ1) is 15.5. The molecule has 2 heterocycles. The minimum Gasteiger partial charge on any atom is -0.356 e. The summed E-state index contributed by atoms with van der Waals surface area (Å²) < 4.78 is 14.8. The highest BCUT2D eigenvalue weighted by Crippen LogP contribution is 2.31. The summed E-state index contributed by atoms with van der Waals surface area (Å²) >= 11 is 1.50. The van der Waals surface area contributed by atoms with Gasteiger partial charge in [0.25, 0.3) is 0 Å². The molecule has 2 fully saturated rings. The topological polar surface area (TPSA) is 58.1 Å². The number of nitrogens with zero attached hydrogens (tertiary/aromatic N) is 3. The quantitative estimate of drug-likeness (QED) is 0.663. The highest BCUT2D eigenvalue weighted by Gasteiger charge is 2.37. The lowest BCUT2D eigenvalue weighted by Gasteiger charge is -2.37. The number of carbonyl (C=O) groups is 1. The van der Waals surface area contributed by atoms with Crippen LogP contribution in [-0.2, 0) is 4.79 Å². The van der Waals surface area contributed by atoms with E-state index in [1.54, 1.807) is 6.20 Å². The van der Waals surface area contributed by atoms with E-state index in [9.17, 15) is 9.18 Å². The fourth-order valence-corrected chi connectivity index (χ4v) is 3.01. The van der Waals surface area contributed by atoms with E-state index in [-0.39, 0.29) is 18.4 Å². The molecule has 0 atom stereocenters. The molecule has 7 heteroatoms. The Morgan fingerprint density at radius 2 is 2.23 bits per heavy atom. The third-order valence-electron chi connectivity index (χ3n) is 4.31. The normalized spacial score (nSPS) is 20.7. The number of aromatic nitrogens is 2. The van der Waals surface area contributed by atoms with E-state index < -0.39 is 5.67 Å². The van der Waals surface area contributed by atoms with Crippen LogP contribution in [0.5, 0.6) is 0 Å². The monoisotopic (exact) mass is 324 g/mol. The molecule has 0 spiro atoms. The van der Waals surface area contributed by atoms with Crippen molar-refractivity contribution in [3.8, 4) is 0 Å². The smallest absolute Gasteiger partial charge is 0.223 e. The van der Waals surface area contributed by atoms with Gasteiger partial charge in [0.2, 0.25) is 5.91 Å². The summed E-state index contributed by atoms with van der Waals surface area (Å²) in [6.07, 6.45) is 6.40. The minimum atomic E-state index is -1.30. The van der Waals surface area contributed by atoms with Gasteiger partial charge in [-0.3, -0.25) is 4.79 Å². The molecule has 22 heavy (non-hydrogen) atoms. The summed E-state index contributed by atoms with van der Waals surface area (Å²) in [5.74, 6) is 0.998. The van der Waals surface area contributed by atoms with Crippen LogP contribution in [0.1, 0.15) is 25.7 Å². The number of alkyl halides is 1. The summed E-state index contributed by atoms with van der Waals surface area (Å²) in [5.41, 5.74) is -1.30. The van der Waals surface area contributed by atoms with Crippen LogP contribution < -0.4 is 10.2 Å². The van der Waals surface area contributed by atoms with Crippen molar-refractivity contribution in [3.05, 3.63) is 12.3 Å². The van der Waals surface area contributed by atoms with E-state index in [1.807, 2.05) is 12.3 Å². The van der Waals surface area contributed by atoms with Crippen LogP contribution in [0.3, 0.4) is 0 Å². The van der Waals surface area contributed by atoms with Crippen molar-refractivity contribution in [2.75, 3.05) is 30.8 Å². The second-order valence-electron chi connectivity index (χ2n) is 6.03. The van der Waals surface area contributed by atoms with Crippen LogP contribution in [0.2, 0.25) is 0 Å². The molecule has 2 aliphatic rings. The van der Waals surface area contributed by atoms with Crippen LogP contribution in [0.4, 0.5) is 10.2 Å². The van der Waals surface area contributed by atoms with Gasteiger partial charge in [-0.1, -0.05) is 11.8 Å². The van der Waals surface area contributed by atoms with Crippen LogP contribution in [0.15, 0.2) is 17.4 Å². The number of anilines is 1. The number of rotatable bonds is 5. The molecular formula is C15H21FN4OS. The van der Waals surface area contributed by atoms with Gasteiger partial charge in [-0.05, 0) is 25.2 Å². The highest BCUT2D eigenvalue weighted by atomic mass is 32.2. The molecule has 1 saturated heterocycles. The van der Waals surface area contributed by atoms with Gasteiger partial charge in [0.15, 0.2) is 5.16 Å². The van der Waals surface area contributed by atoms with E-state index in [0.717, 1.165) is 23.8 Å². The maximum atomic E-state index is 14.8. The summed E-state index contributed by atoms with van der Waals surface area (Å²) in [5, 5.41) is 3.49. The maximum absolute atomic E-state index is 14.8. The van der Waals surface area contributed by atoms with Crippen molar-refractivity contribution in [1.82, 2.24) is 15.3 Å². The lowest BCUT2D eigenvalue weighted by Crippen LogP contribution is -2.48. The zero-order valence-electron chi connectivity index (χ0n) is 12.7. The van der Waals surface area contributed by atoms with Crippen molar-refractivity contribution in [2.24, 2.45) is 5.92 Å². The van der Waals surface area contributed by atoms with E-state index in [1.165, 1.54) is 11.8 Å². The number of carbonyl (C=O) groups excluding carboxylic acids is 1. The lowest BCUT2D eigenvalue weighted by molar-refractivity contribution is -0.123. The van der Waals surface area contributed by atoms with Crippen LogP contribution >= 0.6 is 11.8 Å². The summed E-state index contributed by atoms with van der Waals surface area (Å²) in [4.78, 5) is 22.3. The summed E-state index contributed by atoms with van der Waals surface area (Å²) in [6, 6.07) is 1.86. The fourth-order valence-electron chi connectivity index (χ4n) is 2.66. The third kappa shape index (κ3) is 3.69. The highest BCUT2D eigenvalue weighted by molar-refractivity contribution is 7.98. The molecule has 1 aliphatic carbocycles. The third-order valence-corrected chi connectivity index (χ3v) is 4.87. The second-order valence-corrected chi connectivity index (χ2v) is 6.80. The first-order valence-electron chi connectivity index (χ1n) is 7.68. The van der Waals surface area contributed by atoms with Gasteiger partial charge in [-0.2, -0.15) is 0 Å². The van der Waals surface area contributed by atoms with Gasteiger partial charge in [-0.25, -0.2) is 14.4 Å². The van der Waals surface area contributed by atoms with E-state index in [2.05, 4.69) is 20.2 Å². The molecule has 120 valence electrons. The predicted octanol–water partition coefficient (Wildman–Crippen LogP) is 2.03. The molecule has 1 saturated carbocycles. The number of thioether (sulfide) groups is 1. The molecule has 1 aromatic rings. The van der Waals surface area contributed by atoms with E-state index in [0.29, 0.717) is 25.9 Å². The van der Waals surface area contributed by atoms with Crippen LogP contribution in [0.25, 0.3) is 0 Å². The molecule has 1 N–H and O–H groups in total. The molecule has 1 amide bonds. The Balaban J connectivity index is 1.53. The van der Waals surface area contributed by atoms with Gasteiger partial charge in [-0.15, -0.1) is 0 Å². The standard InChI is InChI=1S/C15H21FN4OS/c1-22-14-17-7-4-12(19-14)20-8-5-15(16,6-9-20)10-18-13(21)11-2-3-11/h4,7,11H,2-3,5-6,8-10H2,1H3,(H,18,21). The number of piperidine rings is 1.